The van der Waals surface area contributed by atoms with Gasteiger partial charge >= 0.3 is 5.97 Å². The second-order valence-corrected chi connectivity index (χ2v) is 4.43. The fourth-order valence-corrected chi connectivity index (χ4v) is 2.07. The maximum absolute atomic E-state index is 11.3. The standard InChI is InChI=1S/C14H18O3/c1-2-17-14(16)9-13(15)12-6-4-3-5-11(12)10-7-8-10/h3-6,10,13,15H,2,7-9H2,1H3. The molecule has 1 atom stereocenters. The molecule has 1 N–H and O–H groups in total. The van der Waals surface area contributed by atoms with Crippen molar-refractivity contribution in [3.05, 3.63) is 35.4 Å². The van der Waals surface area contributed by atoms with Crippen LogP contribution in [0.25, 0.3) is 0 Å². The third-order valence-corrected chi connectivity index (χ3v) is 3.04. The van der Waals surface area contributed by atoms with Gasteiger partial charge in [0.2, 0.25) is 0 Å². The van der Waals surface area contributed by atoms with E-state index < -0.39 is 6.10 Å². The average Bonchev–Trinajstić information content (AvgIpc) is 3.13. The van der Waals surface area contributed by atoms with Crippen LogP contribution < -0.4 is 0 Å². The topological polar surface area (TPSA) is 46.5 Å². The Balaban J connectivity index is 2.07. The Labute approximate surface area is 101 Å². The summed E-state index contributed by atoms with van der Waals surface area (Å²) in [7, 11) is 0. The molecule has 1 saturated carbocycles. The van der Waals surface area contributed by atoms with E-state index in [9.17, 15) is 9.90 Å². The van der Waals surface area contributed by atoms with Crippen LogP contribution in [0, 0.1) is 0 Å². The lowest BCUT2D eigenvalue weighted by molar-refractivity contribution is -0.145. The summed E-state index contributed by atoms with van der Waals surface area (Å²) < 4.78 is 4.85. The van der Waals surface area contributed by atoms with E-state index in [2.05, 4.69) is 0 Å². The molecule has 3 nitrogen and oxygen atoms in total. The fraction of sp³-hybridized carbons (Fsp3) is 0.500. The Morgan fingerprint density at radius 1 is 1.47 bits per heavy atom. The molecule has 1 aromatic rings. The van der Waals surface area contributed by atoms with E-state index in [0.29, 0.717) is 12.5 Å². The van der Waals surface area contributed by atoms with Crippen LogP contribution in [0.5, 0.6) is 0 Å². The molecule has 3 heteroatoms. The van der Waals surface area contributed by atoms with Gasteiger partial charge in [-0.25, -0.2) is 0 Å². The van der Waals surface area contributed by atoms with Crippen LogP contribution in [-0.4, -0.2) is 17.7 Å². The Morgan fingerprint density at radius 3 is 2.82 bits per heavy atom. The molecule has 92 valence electrons. The molecule has 0 aliphatic heterocycles. The molecule has 1 aliphatic rings. The van der Waals surface area contributed by atoms with Gasteiger partial charge in [-0.05, 0) is 36.8 Å². The molecule has 0 spiro atoms. The van der Waals surface area contributed by atoms with Crippen LogP contribution in [-0.2, 0) is 9.53 Å². The van der Waals surface area contributed by atoms with Crippen LogP contribution in [0.15, 0.2) is 24.3 Å². The first-order valence-corrected chi connectivity index (χ1v) is 6.15. The van der Waals surface area contributed by atoms with E-state index in [0.717, 1.165) is 5.56 Å². The van der Waals surface area contributed by atoms with Crippen molar-refractivity contribution in [2.24, 2.45) is 0 Å². The molecule has 2 rings (SSSR count). The maximum Gasteiger partial charge on any atom is 0.308 e. The second-order valence-electron chi connectivity index (χ2n) is 4.43. The van der Waals surface area contributed by atoms with Crippen LogP contribution >= 0.6 is 0 Å². The zero-order valence-electron chi connectivity index (χ0n) is 10.1. The quantitative estimate of drug-likeness (QED) is 0.796. The molecule has 0 radical (unpaired) electrons. The molecule has 17 heavy (non-hydrogen) atoms. The summed E-state index contributed by atoms with van der Waals surface area (Å²) in [5.41, 5.74) is 2.06. The normalized spacial score (nSPS) is 16.6. The number of hydrogen-bond donors (Lipinski definition) is 1. The van der Waals surface area contributed by atoms with Crippen LogP contribution in [0.1, 0.15) is 49.3 Å². The summed E-state index contributed by atoms with van der Waals surface area (Å²) in [5.74, 6) is 0.230. The number of hydrogen-bond acceptors (Lipinski definition) is 3. The number of carbonyl (C=O) groups is 1. The van der Waals surface area contributed by atoms with Gasteiger partial charge in [-0.3, -0.25) is 4.79 Å². The molecular weight excluding hydrogens is 216 g/mol. The zero-order valence-corrected chi connectivity index (χ0v) is 10.1. The van der Waals surface area contributed by atoms with Crippen molar-refractivity contribution in [3.63, 3.8) is 0 Å². The van der Waals surface area contributed by atoms with E-state index >= 15 is 0 Å². The molecule has 1 aromatic carbocycles. The minimum absolute atomic E-state index is 0.0393. The SMILES string of the molecule is CCOC(=O)CC(O)c1ccccc1C1CC1. The molecule has 0 bridgehead atoms. The van der Waals surface area contributed by atoms with Gasteiger partial charge in [-0.1, -0.05) is 24.3 Å². The molecular formula is C14H18O3. The van der Waals surface area contributed by atoms with E-state index in [-0.39, 0.29) is 12.4 Å². The van der Waals surface area contributed by atoms with Crippen molar-refractivity contribution < 1.29 is 14.6 Å². The largest absolute Gasteiger partial charge is 0.466 e. The first kappa shape index (κ1) is 12.1. The van der Waals surface area contributed by atoms with Gasteiger partial charge < -0.3 is 9.84 Å². The number of carbonyl (C=O) groups excluding carboxylic acids is 1. The van der Waals surface area contributed by atoms with Gasteiger partial charge in [0.25, 0.3) is 0 Å². The summed E-state index contributed by atoms with van der Waals surface area (Å²) in [6.45, 7) is 2.12. The van der Waals surface area contributed by atoms with E-state index in [4.69, 9.17) is 4.74 Å². The number of rotatable bonds is 5. The van der Waals surface area contributed by atoms with Gasteiger partial charge in [-0.15, -0.1) is 0 Å². The Morgan fingerprint density at radius 2 is 2.18 bits per heavy atom. The first-order chi connectivity index (χ1) is 8.22. The van der Waals surface area contributed by atoms with E-state index in [1.165, 1.54) is 18.4 Å². The number of esters is 1. The van der Waals surface area contributed by atoms with E-state index in [1.807, 2.05) is 24.3 Å². The third-order valence-electron chi connectivity index (χ3n) is 3.04. The van der Waals surface area contributed by atoms with Gasteiger partial charge in [0, 0.05) is 0 Å². The third kappa shape index (κ3) is 3.07. The maximum atomic E-state index is 11.3. The summed E-state index contributed by atoms with van der Waals surface area (Å²) in [4.78, 5) is 11.3. The lowest BCUT2D eigenvalue weighted by atomic mass is 9.97. The highest BCUT2D eigenvalue weighted by molar-refractivity contribution is 5.70. The molecule has 1 aliphatic carbocycles. The average molecular weight is 234 g/mol. The highest BCUT2D eigenvalue weighted by Gasteiger charge is 2.28. The van der Waals surface area contributed by atoms with Crippen molar-refractivity contribution >= 4 is 5.97 Å². The molecule has 0 amide bonds. The number of aliphatic hydroxyl groups excluding tert-OH is 1. The summed E-state index contributed by atoms with van der Waals surface area (Å²) in [6.07, 6.45) is 1.66. The van der Waals surface area contributed by atoms with Gasteiger partial charge in [0.1, 0.15) is 0 Å². The number of ether oxygens (including phenoxy) is 1. The monoisotopic (exact) mass is 234 g/mol. The highest BCUT2D eigenvalue weighted by Crippen LogP contribution is 2.43. The zero-order chi connectivity index (χ0) is 12.3. The highest BCUT2D eigenvalue weighted by atomic mass is 16.5. The van der Waals surface area contributed by atoms with Crippen LogP contribution in [0.2, 0.25) is 0 Å². The van der Waals surface area contributed by atoms with E-state index in [1.54, 1.807) is 6.92 Å². The minimum Gasteiger partial charge on any atom is -0.466 e. The van der Waals surface area contributed by atoms with Crippen molar-refractivity contribution in [2.75, 3.05) is 6.61 Å². The number of aliphatic hydroxyl groups is 1. The summed E-state index contributed by atoms with van der Waals surface area (Å²) in [6, 6.07) is 7.82. The summed E-state index contributed by atoms with van der Waals surface area (Å²) >= 11 is 0. The predicted octanol–water partition coefficient (Wildman–Crippen LogP) is 2.55. The molecule has 0 heterocycles. The fourth-order valence-electron chi connectivity index (χ4n) is 2.07. The Bertz CT molecular complexity index is 396. The molecule has 1 unspecified atom stereocenters. The predicted molar refractivity (Wildman–Crippen MR) is 64.6 cm³/mol. The molecule has 0 aromatic heterocycles. The van der Waals surface area contributed by atoms with Gasteiger partial charge in [-0.2, -0.15) is 0 Å². The first-order valence-electron chi connectivity index (χ1n) is 6.15. The minimum atomic E-state index is -0.745. The Hall–Kier alpha value is -1.35. The molecule has 0 saturated heterocycles. The van der Waals surface area contributed by atoms with Crippen LogP contribution in [0.4, 0.5) is 0 Å². The van der Waals surface area contributed by atoms with Crippen molar-refractivity contribution in [1.82, 2.24) is 0 Å². The second kappa shape index (κ2) is 5.32. The van der Waals surface area contributed by atoms with Crippen molar-refractivity contribution in [2.45, 2.75) is 38.2 Å². The summed E-state index contributed by atoms with van der Waals surface area (Å²) in [5, 5.41) is 10.1. The van der Waals surface area contributed by atoms with Gasteiger partial charge in [0.05, 0.1) is 19.1 Å². The lowest BCUT2D eigenvalue weighted by Crippen LogP contribution is -2.11. The number of benzene rings is 1. The molecule has 1 fully saturated rings. The smallest absolute Gasteiger partial charge is 0.308 e. The van der Waals surface area contributed by atoms with Crippen LogP contribution in [0.3, 0.4) is 0 Å². The van der Waals surface area contributed by atoms with Crippen molar-refractivity contribution in [3.8, 4) is 0 Å². The lowest BCUT2D eigenvalue weighted by Gasteiger charge is -2.14. The van der Waals surface area contributed by atoms with Gasteiger partial charge in [0.15, 0.2) is 0 Å². The Kier molecular flexibility index (Phi) is 3.79. The van der Waals surface area contributed by atoms with Crippen molar-refractivity contribution in [1.29, 1.82) is 0 Å².